The van der Waals surface area contributed by atoms with Crippen LogP contribution in [0.25, 0.3) is 0 Å². The summed E-state index contributed by atoms with van der Waals surface area (Å²) in [5.74, 6) is 0. The Morgan fingerprint density at radius 1 is 1.62 bits per heavy atom. The Bertz CT molecular complexity index is 143. The Balaban J connectivity index is 3.93. The van der Waals surface area contributed by atoms with E-state index in [1.807, 2.05) is 13.0 Å². The van der Waals surface area contributed by atoms with Crippen LogP contribution in [0, 0.1) is 0 Å². The zero-order valence-electron chi connectivity index (χ0n) is 5.15. The molecule has 0 bridgehead atoms. The van der Waals surface area contributed by atoms with Crippen molar-refractivity contribution in [2.24, 2.45) is 0 Å². The largest absolute Gasteiger partial charge is 0.129 e. The first-order chi connectivity index (χ1) is 3.81. The highest BCUT2D eigenvalue weighted by atomic mass is 13.8. The van der Waals surface area contributed by atoms with Crippen molar-refractivity contribution in [3.8, 4) is 0 Å². The molecule has 8 heavy (non-hydrogen) atoms. The van der Waals surface area contributed by atoms with E-state index < -0.39 is 0 Å². The van der Waals surface area contributed by atoms with Crippen molar-refractivity contribution >= 4 is 0 Å². The number of hydrogen-bond donors (Lipinski definition) is 0. The monoisotopic (exact) mass is 106 g/mol. The molecule has 0 aliphatic heterocycles. The molecule has 0 fully saturated rings. The lowest BCUT2D eigenvalue weighted by atomic mass is 10.3. The summed E-state index contributed by atoms with van der Waals surface area (Å²) in [6.07, 6.45) is 5.45. The van der Waals surface area contributed by atoms with Crippen molar-refractivity contribution < 1.29 is 0 Å². The second kappa shape index (κ2) is 4.17. The van der Waals surface area contributed by atoms with Gasteiger partial charge in [0.05, 0.1) is 0 Å². The highest BCUT2D eigenvalue weighted by Gasteiger charge is 1.69. The summed E-state index contributed by atoms with van der Waals surface area (Å²) < 4.78 is 0. The van der Waals surface area contributed by atoms with Gasteiger partial charge in [-0.1, -0.05) is 30.9 Å². The van der Waals surface area contributed by atoms with Gasteiger partial charge >= 0.3 is 0 Å². The van der Waals surface area contributed by atoms with Crippen LogP contribution in [0.5, 0.6) is 0 Å². The smallest absolute Gasteiger partial charge is 0.0203 e. The van der Waals surface area contributed by atoms with Gasteiger partial charge < -0.3 is 0 Å². The van der Waals surface area contributed by atoms with Crippen LogP contribution in [0.3, 0.4) is 0 Å². The van der Waals surface area contributed by atoms with Crippen LogP contribution in [0.2, 0.25) is 0 Å². The third-order valence-electron chi connectivity index (χ3n) is 0.786. The van der Waals surface area contributed by atoms with Crippen molar-refractivity contribution in [2.45, 2.75) is 6.92 Å². The maximum Gasteiger partial charge on any atom is -0.0203 e. The predicted molar refractivity (Wildman–Crippen MR) is 37.7 cm³/mol. The lowest BCUT2D eigenvalue weighted by Gasteiger charge is -1.80. The van der Waals surface area contributed by atoms with Gasteiger partial charge in [-0.2, -0.15) is 0 Å². The maximum atomic E-state index is 3.58. The molecule has 0 N–H and O–H groups in total. The van der Waals surface area contributed by atoms with E-state index in [-0.39, 0.29) is 0 Å². The molecule has 0 nitrogen and oxygen atoms in total. The first kappa shape index (κ1) is 7.00. The van der Waals surface area contributed by atoms with Crippen LogP contribution < -0.4 is 0 Å². The lowest BCUT2D eigenvalue weighted by Crippen LogP contribution is -1.59. The van der Waals surface area contributed by atoms with E-state index in [1.165, 1.54) is 0 Å². The average Bonchev–Trinajstić information content (AvgIpc) is 1.83. The fraction of sp³-hybridized carbons (Fsp3) is 0.125. The van der Waals surface area contributed by atoms with Crippen molar-refractivity contribution in [1.82, 2.24) is 0 Å². The molecule has 0 amide bonds. The Kier molecular flexibility index (Phi) is 3.65. The van der Waals surface area contributed by atoms with E-state index in [4.69, 9.17) is 0 Å². The number of rotatable bonds is 2. The number of allylic oxidation sites excluding steroid dienone is 4. The van der Waals surface area contributed by atoms with Gasteiger partial charge in [-0.05, 0) is 13.0 Å². The molecule has 0 aromatic carbocycles. The SMILES string of the molecule is C=C=CC=C(C)C=C. The van der Waals surface area contributed by atoms with Gasteiger partial charge in [0, 0.05) is 0 Å². The van der Waals surface area contributed by atoms with E-state index >= 15 is 0 Å². The molecule has 0 saturated carbocycles. The van der Waals surface area contributed by atoms with E-state index in [1.54, 1.807) is 12.2 Å². The summed E-state index contributed by atoms with van der Waals surface area (Å²) in [6.45, 7) is 8.96. The summed E-state index contributed by atoms with van der Waals surface area (Å²) in [7, 11) is 0. The molecule has 0 aliphatic rings. The molecule has 0 aromatic rings. The van der Waals surface area contributed by atoms with Crippen molar-refractivity contribution in [1.29, 1.82) is 0 Å². The Morgan fingerprint density at radius 3 is 2.62 bits per heavy atom. The molecule has 0 spiro atoms. The molecule has 0 aliphatic carbocycles. The molecule has 0 atom stereocenters. The summed E-state index contributed by atoms with van der Waals surface area (Å²) in [6, 6.07) is 0. The van der Waals surface area contributed by atoms with Gasteiger partial charge in [-0.25, -0.2) is 0 Å². The van der Waals surface area contributed by atoms with Gasteiger partial charge in [0.2, 0.25) is 0 Å². The molecule has 0 heterocycles. The van der Waals surface area contributed by atoms with E-state index in [2.05, 4.69) is 18.9 Å². The predicted octanol–water partition coefficient (Wildman–Crippen LogP) is 2.46. The number of hydrogen-bond acceptors (Lipinski definition) is 0. The molecule has 0 aromatic heterocycles. The average molecular weight is 106 g/mol. The standard InChI is InChI=1S/C8H10/c1-4-6-7-8(3)5-2/h5-7H,1-2H2,3H3. The fourth-order valence-corrected chi connectivity index (χ4v) is 0.258. The van der Waals surface area contributed by atoms with Crippen LogP contribution >= 0.6 is 0 Å². The van der Waals surface area contributed by atoms with Crippen LogP contribution in [0.15, 0.2) is 42.7 Å². The van der Waals surface area contributed by atoms with Gasteiger partial charge in [-0.15, -0.1) is 5.73 Å². The molecule has 0 rings (SSSR count). The minimum Gasteiger partial charge on any atom is -0.129 e. The minimum absolute atomic E-state index is 1.13. The van der Waals surface area contributed by atoms with Crippen LogP contribution in [0.1, 0.15) is 6.92 Å². The van der Waals surface area contributed by atoms with Gasteiger partial charge in [0.15, 0.2) is 0 Å². The Labute approximate surface area is 50.5 Å². The second-order valence-electron chi connectivity index (χ2n) is 1.49. The molecular formula is C8H10. The second-order valence-corrected chi connectivity index (χ2v) is 1.49. The highest BCUT2D eigenvalue weighted by molar-refractivity contribution is 5.18. The molecule has 0 unspecified atom stereocenters. The summed E-state index contributed by atoms with van der Waals surface area (Å²) in [4.78, 5) is 0. The lowest BCUT2D eigenvalue weighted by molar-refractivity contribution is 1.54. The molecular weight excluding hydrogens is 96.1 g/mol. The maximum absolute atomic E-state index is 3.58. The Morgan fingerprint density at radius 2 is 2.25 bits per heavy atom. The highest BCUT2D eigenvalue weighted by Crippen LogP contribution is 1.90. The third-order valence-corrected chi connectivity index (χ3v) is 0.786. The molecule has 42 valence electrons. The molecule has 0 saturated heterocycles. The van der Waals surface area contributed by atoms with Gasteiger partial charge in [-0.3, -0.25) is 0 Å². The molecule has 0 radical (unpaired) electrons. The van der Waals surface area contributed by atoms with E-state index in [0.29, 0.717) is 0 Å². The summed E-state index contributed by atoms with van der Waals surface area (Å²) in [5.41, 5.74) is 3.76. The van der Waals surface area contributed by atoms with Crippen LogP contribution in [-0.4, -0.2) is 0 Å². The topological polar surface area (TPSA) is 0 Å². The zero-order valence-corrected chi connectivity index (χ0v) is 5.15. The quantitative estimate of drug-likeness (QED) is 0.374. The van der Waals surface area contributed by atoms with E-state index in [9.17, 15) is 0 Å². The summed E-state index contributed by atoms with van der Waals surface area (Å²) in [5, 5.41) is 0. The first-order valence-electron chi connectivity index (χ1n) is 2.46. The van der Waals surface area contributed by atoms with Crippen LogP contribution in [-0.2, 0) is 0 Å². The van der Waals surface area contributed by atoms with Crippen LogP contribution in [0.4, 0.5) is 0 Å². The van der Waals surface area contributed by atoms with Crippen molar-refractivity contribution in [3.05, 3.63) is 42.7 Å². The normalized spacial score (nSPS) is 9.88. The van der Waals surface area contributed by atoms with Gasteiger partial charge in [0.25, 0.3) is 0 Å². The minimum atomic E-state index is 1.13. The van der Waals surface area contributed by atoms with E-state index in [0.717, 1.165) is 5.57 Å². The fourth-order valence-electron chi connectivity index (χ4n) is 0.258. The van der Waals surface area contributed by atoms with Crippen molar-refractivity contribution in [3.63, 3.8) is 0 Å². The van der Waals surface area contributed by atoms with Gasteiger partial charge in [0.1, 0.15) is 0 Å². The molecule has 0 heteroatoms. The Hall–Kier alpha value is -1.00. The van der Waals surface area contributed by atoms with Crippen molar-refractivity contribution in [2.75, 3.05) is 0 Å². The summed E-state index contributed by atoms with van der Waals surface area (Å²) >= 11 is 0. The first-order valence-corrected chi connectivity index (χ1v) is 2.46. The third kappa shape index (κ3) is 3.20. The zero-order chi connectivity index (χ0) is 6.41.